The number of alkyl halides is 1. The fourth-order valence-corrected chi connectivity index (χ4v) is 1.97. The third-order valence-corrected chi connectivity index (χ3v) is 3.20. The van der Waals surface area contributed by atoms with E-state index in [0.29, 0.717) is 12.4 Å². The van der Waals surface area contributed by atoms with Crippen LogP contribution in [0.1, 0.15) is 11.3 Å². The van der Waals surface area contributed by atoms with E-state index in [9.17, 15) is 4.79 Å². The molecule has 0 saturated heterocycles. The molecule has 0 radical (unpaired) electrons. The van der Waals surface area contributed by atoms with Gasteiger partial charge in [0.1, 0.15) is 0 Å². The zero-order chi connectivity index (χ0) is 13.7. The van der Waals surface area contributed by atoms with Crippen molar-refractivity contribution < 1.29 is 0 Å². The molecule has 0 saturated carbocycles. The molecule has 1 heterocycles. The third kappa shape index (κ3) is 4.04. The van der Waals surface area contributed by atoms with Crippen LogP contribution in [0, 0.1) is 0 Å². The number of rotatable bonds is 4. The van der Waals surface area contributed by atoms with Crippen molar-refractivity contribution in [3.63, 3.8) is 0 Å². The number of hydrogen-bond acceptors (Lipinski definition) is 2. The van der Waals surface area contributed by atoms with Crippen molar-refractivity contribution in [3.8, 4) is 0 Å². The van der Waals surface area contributed by atoms with Crippen LogP contribution < -0.4 is 5.56 Å². The Balaban J connectivity index is 2.21. The third-order valence-electron chi connectivity index (χ3n) is 2.50. The van der Waals surface area contributed by atoms with Crippen LogP contribution in [-0.4, -0.2) is 15.7 Å². The van der Waals surface area contributed by atoms with Crippen LogP contribution in [0.3, 0.4) is 0 Å². The first kappa shape index (κ1) is 14.0. The van der Waals surface area contributed by atoms with Crippen LogP contribution in [0.4, 0.5) is 0 Å². The highest BCUT2D eigenvalue weighted by Crippen LogP contribution is 2.12. The summed E-state index contributed by atoms with van der Waals surface area (Å²) in [7, 11) is 0. The van der Waals surface area contributed by atoms with E-state index < -0.39 is 0 Å². The highest BCUT2D eigenvalue weighted by molar-refractivity contribution is 9.10. The summed E-state index contributed by atoms with van der Waals surface area (Å²) in [6, 6.07) is 11.1. The van der Waals surface area contributed by atoms with E-state index in [1.165, 1.54) is 10.7 Å². The normalized spacial score (nSPS) is 11.1. The quantitative estimate of drug-likeness (QED) is 0.800. The Labute approximate surface area is 124 Å². The molecule has 0 bridgehead atoms. The zero-order valence-electron chi connectivity index (χ0n) is 10.1. The minimum absolute atomic E-state index is 0.138. The predicted molar refractivity (Wildman–Crippen MR) is 82.3 cm³/mol. The van der Waals surface area contributed by atoms with Crippen LogP contribution in [0.15, 0.2) is 45.7 Å². The maximum atomic E-state index is 11.5. The van der Waals surface area contributed by atoms with Gasteiger partial charge in [-0.25, -0.2) is 4.68 Å². The lowest BCUT2D eigenvalue weighted by atomic mass is 10.2. The molecule has 19 heavy (non-hydrogen) atoms. The fraction of sp³-hybridized carbons (Fsp3) is 0.143. The van der Waals surface area contributed by atoms with E-state index in [0.717, 1.165) is 15.7 Å². The maximum absolute atomic E-state index is 11.5. The molecular weight excluding hydrogens is 328 g/mol. The molecule has 2 rings (SSSR count). The lowest BCUT2D eigenvalue weighted by molar-refractivity contribution is 0.616. The molecule has 0 aliphatic heterocycles. The summed E-state index contributed by atoms with van der Waals surface area (Å²) in [5.41, 5.74) is 1.66. The van der Waals surface area contributed by atoms with Crippen molar-refractivity contribution in [2.45, 2.75) is 6.54 Å². The van der Waals surface area contributed by atoms with Crippen LogP contribution in [-0.2, 0) is 6.54 Å². The smallest absolute Gasteiger partial charge is 0.266 e. The van der Waals surface area contributed by atoms with Gasteiger partial charge in [0.15, 0.2) is 0 Å². The van der Waals surface area contributed by atoms with Crippen LogP contribution in [0.25, 0.3) is 12.2 Å². The van der Waals surface area contributed by atoms with E-state index in [1.54, 1.807) is 6.07 Å². The second kappa shape index (κ2) is 6.68. The van der Waals surface area contributed by atoms with Crippen molar-refractivity contribution >= 4 is 39.7 Å². The van der Waals surface area contributed by atoms with E-state index in [1.807, 2.05) is 36.4 Å². The lowest BCUT2D eigenvalue weighted by Crippen LogP contribution is -2.23. The average Bonchev–Trinajstić information content (AvgIpc) is 2.42. The van der Waals surface area contributed by atoms with E-state index in [2.05, 4.69) is 21.0 Å². The van der Waals surface area contributed by atoms with Gasteiger partial charge in [0, 0.05) is 16.4 Å². The number of nitrogens with zero attached hydrogens (tertiary/aromatic N) is 2. The maximum Gasteiger partial charge on any atom is 0.266 e. The number of aryl methyl sites for hydroxylation is 1. The molecule has 2 aromatic rings. The molecule has 0 atom stereocenters. The molecule has 98 valence electrons. The van der Waals surface area contributed by atoms with Gasteiger partial charge < -0.3 is 0 Å². The monoisotopic (exact) mass is 338 g/mol. The second-order valence-corrected chi connectivity index (χ2v) is 5.19. The SMILES string of the molecule is O=c1ccc(C=Cc2ccc(Br)cc2)nn1CCCl. The standard InChI is InChI=1S/C14H12BrClN2O/c15-12-4-1-11(2-5-12)3-6-13-7-8-14(19)18(17-13)10-9-16/h1-8H,9-10H2. The molecule has 0 spiro atoms. The summed E-state index contributed by atoms with van der Waals surface area (Å²) in [6.45, 7) is 0.417. The topological polar surface area (TPSA) is 34.9 Å². The number of hydrogen-bond donors (Lipinski definition) is 0. The molecule has 5 heteroatoms. The molecule has 0 aliphatic carbocycles. The summed E-state index contributed by atoms with van der Waals surface area (Å²) in [6.07, 6.45) is 3.82. The largest absolute Gasteiger partial charge is 0.268 e. The van der Waals surface area contributed by atoms with Gasteiger partial charge in [-0.05, 0) is 29.8 Å². The number of benzene rings is 1. The lowest BCUT2D eigenvalue weighted by Gasteiger charge is -2.02. The first-order valence-corrected chi connectivity index (χ1v) is 7.09. The summed E-state index contributed by atoms with van der Waals surface area (Å²) >= 11 is 9.02. The minimum atomic E-state index is -0.138. The average molecular weight is 340 g/mol. The number of aromatic nitrogens is 2. The van der Waals surface area contributed by atoms with Gasteiger partial charge in [-0.2, -0.15) is 5.10 Å². The van der Waals surface area contributed by atoms with Crippen LogP contribution in [0.2, 0.25) is 0 Å². The first-order valence-electron chi connectivity index (χ1n) is 5.77. The van der Waals surface area contributed by atoms with Crippen molar-refractivity contribution in [2.75, 3.05) is 5.88 Å². The molecule has 0 unspecified atom stereocenters. The highest BCUT2D eigenvalue weighted by atomic mass is 79.9. The Kier molecular flexibility index (Phi) is 4.93. The van der Waals surface area contributed by atoms with Crippen molar-refractivity contribution in [3.05, 3.63) is 62.5 Å². The zero-order valence-corrected chi connectivity index (χ0v) is 12.4. The van der Waals surface area contributed by atoms with Crippen molar-refractivity contribution in [2.24, 2.45) is 0 Å². The van der Waals surface area contributed by atoms with Gasteiger partial charge in [0.2, 0.25) is 0 Å². The van der Waals surface area contributed by atoms with Crippen LogP contribution in [0.5, 0.6) is 0 Å². The fourth-order valence-electron chi connectivity index (χ4n) is 1.55. The summed E-state index contributed by atoms with van der Waals surface area (Å²) < 4.78 is 2.41. The van der Waals surface area contributed by atoms with E-state index in [-0.39, 0.29) is 5.56 Å². The summed E-state index contributed by atoms with van der Waals surface area (Å²) in [5, 5.41) is 4.22. The van der Waals surface area contributed by atoms with Crippen LogP contribution >= 0.6 is 27.5 Å². The van der Waals surface area contributed by atoms with Gasteiger partial charge >= 0.3 is 0 Å². The Bertz CT molecular complexity index is 635. The van der Waals surface area contributed by atoms with Crippen molar-refractivity contribution in [1.82, 2.24) is 9.78 Å². The predicted octanol–water partition coefficient (Wildman–Crippen LogP) is 3.42. The molecule has 0 fully saturated rings. The van der Waals surface area contributed by atoms with Gasteiger partial charge in [0.05, 0.1) is 12.2 Å². The Morgan fingerprint density at radius 3 is 2.58 bits per heavy atom. The van der Waals surface area contributed by atoms with Gasteiger partial charge in [-0.15, -0.1) is 11.6 Å². The minimum Gasteiger partial charge on any atom is -0.268 e. The van der Waals surface area contributed by atoms with E-state index >= 15 is 0 Å². The highest BCUT2D eigenvalue weighted by Gasteiger charge is 1.97. The summed E-state index contributed by atoms with van der Waals surface area (Å²) in [5.74, 6) is 0.368. The Morgan fingerprint density at radius 1 is 1.16 bits per heavy atom. The molecule has 3 nitrogen and oxygen atoms in total. The van der Waals surface area contributed by atoms with E-state index in [4.69, 9.17) is 11.6 Å². The van der Waals surface area contributed by atoms with Gasteiger partial charge in [0.25, 0.3) is 5.56 Å². The molecule has 0 amide bonds. The van der Waals surface area contributed by atoms with Gasteiger partial charge in [-0.3, -0.25) is 4.79 Å². The summed E-state index contributed by atoms with van der Waals surface area (Å²) in [4.78, 5) is 11.5. The molecular formula is C14H12BrClN2O. The first-order chi connectivity index (χ1) is 9.19. The Hall–Kier alpha value is -1.39. The number of halogens is 2. The molecule has 0 N–H and O–H groups in total. The molecule has 1 aromatic carbocycles. The molecule has 0 aliphatic rings. The van der Waals surface area contributed by atoms with Crippen molar-refractivity contribution in [1.29, 1.82) is 0 Å². The van der Waals surface area contributed by atoms with Gasteiger partial charge in [-0.1, -0.05) is 34.1 Å². The second-order valence-electron chi connectivity index (χ2n) is 3.89. The Morgan fingerprint density at radius 2 is 1.89 bits per heavy atom. The molecule has 1 aromatic heterocycles.